The van der Waals surface area contributed by atoms with Gasteiger partial charge >= 0.3 is 0 Å². The lowest BCUT2D eigenvalue weighted by atomic mass is 10.1. The van der Waals surface area contributed by atoms with Crippen LogP contribution in [-0.2, 0) is 0 Å². The summed E-state index contributed by atoms with van der Waals surface area (Å²) in [4.78, 5) is 0. The van der Waals surface area contributed by atoms with Crippen LogP contribution in [0, 0.1) is 0 Å². The molecular formula is C9H14N2O. The van der Waals surface area contributed by atoms with Crippen LogP contribution in [0.4, 0.5) is 5.69 Å². The van der Waals surface area contributed by atoms with Gasteiger partial charge in [0.1, 0.15) is 5.75 Å². The van der Waals surface area contributed by atoms with E-state index in [4.69, 9.17) is 5.73 Å². The van der Waals surface area contributed by atoms with E-state index in [9.17, 15) is 5.11 Å². The molecular weight excluding hydrogens is 152 g/mol. The van der Waals surface area contributed by atoms with Crippen molar-refractivity contribution in [1.82, 2.24) is 5.32 Å². The summed E-state index contributed by atoms with van der Waals surface area (Å²) in [5, 5.41) is 12.5. The Morgan fingerprint density at radius 2 is 2.17 bits per heavy atom. The van der Waals surface area contributed by atoms with Crippen molar-refractivity contribution in [1.29, 1.82) is 0 Å². The van der Waals surface area contributed by atoms with Crippen LogP contribution in [0.5, 0.6) is 5.75 Å². The quantitative estimate of drug-likeness (QED) is 0.458. The molecule has 0 saturated heterocycles. The Labute approximate surface area is 72.2 Å². The maximum atomic E-state index is 9.44. The predicted molar refractivity (Wildman–Crippen MR) is 50.0 cm³/mol. The largest absolute Gasteiger partial charge is 0.508 e. The first-order chi connectivity index (χ1) is 5.65. The topological polar surface area (TPSA) is 58.3 Å². The van der Waals surface area contributed by atoms with Gasteiger partial charge in [0, 0.05) is 17.3 Å². The Balaban J connectivity index is 3.04. The number of hydrogen-bond acceptors (Lipinski definition) is 3. The fraction of sp³-hybridized carbons (Fsp3) is 0.333. The van der Waals surface area contributed by atoms with Gasteiger partial charge in [0.05, 0.1) is 0 Å². The first-order valence-electron chi connectivity index (χ1n) is 3.91. The molecule has 1 rings (SSSR count). The van der Waals surface area contributed by atoms with Crippen LogP contribution in [0.3, 0.4) is 0 Å². The Bertz CT molecular complexity index is 273. The fourth-order valence-corrected chi connectivity index (χ4v) is 1.08. The summed E-state index contributed by atoms with van der Waals surface area (Å²) >= 11 is 0. The molecule has 0 aliphatic heterocycles. The molecule has 4 N–H and O–H groups in total. The van der Waals surface area contributed by atoms with Crippen LogP contribution in [0.25, 0.3) is 0 Å². The highest BCUT2D eigenvalue weighted by Gasteiger charge is 2.07. The molecule has 1 aromatic carbocycles. The van der Waals surface area contributed by atoms with Crippen LogP contribution in [0.1, 0.15) is 18.5 Å². The number of rotatable bonds is 2. The third kappa shape index (κ3) is 1.68. The maximum absolute atomic E-state index is 9.44. The van der Waals surface area contributed by atoms with Gasteiger partial charge < -0.3 is 16.2 Å². The van der Waals surface area contributed by atoms with E-state index in [1.54, 1.807) is 18.2 Å². The van der Waals surface area contributed by atoms with Gasteiger partial charge in [-0.2, -0.15) is 0 Å². The minimum absolute atomic E-state index is 0.119. The summed E-state index contributed by atoms with van der Waals surface area (Å²) in [6, 6.07) is 5.18. The van der Waals surface area contributed by atoms with Gasteiger partial charge in [0.15, 0.2) is 0 Å². The number of nitrogen functional groups attached to an aromatic ring is 1. The predicted octanol–water partition coefficient (Wildman–Crippen LogP) is 1.25. The SMILES string of the molecule is CN[C@@H](C)c1cc(N)ccc1O. The second kappa shape index (κ2) is 3.45. The summed E-state index contributed by atoms with van der Waals surface area (Å²) in [5.74, 6) is 0.283. The summed E-state index contributed by atoms with van der Waals surface area (Å²) in [6.45, 7) is 1.97. The number of nitrogens with one attached hydrogen (secondary N) is 1. The van der Waals surface area contributed by atoms with Crippen molar-refractivity contribution in [2.45, 2.75) is 13.0 Å². The molecule has 0 heterocycles. The number of aromatic hydroxyl groups is 1. The minimum Gasteiger partial charge on any atom is -0.508 e. The molecule has 0 aromatic heterocycles. The van der Waals surface area contributed by atoms with Gasteiger partial charge in [-0.05, 0) is 32.2 Å². The van der Waals surface area contributed by atoms with Crippen molar-refractivity contribution < 1.29 is 5.11 Å². The third-order valence-corrected chi connectivity index (χ3v) is 1.95. The van der Waals surface area contributed by atoms with Crippen LogP contribution < -0.4 is 11.1 Å². The second-order valence-electron chi connectivity index (χ2n) is 2.83. The Morgan fingerprint density at radius 3 is 2.75 bits per heavy atom. The Hall–Kier alpha value is -1.22. The molecule has 1 aromatic rings. The van der Waals surface area contributed by atoms with Gasteiger partial charge in [-0.3, -0.25) is 0 Å². The molecule has 0 amide bonds. The highest BCUT2D eigenvalue weighted by Crippen LogP contribution is 2.25. The average molecular weight is 166 g/mol. The number of hydrogen-bond donors (Lipinski definition) is 3. The molecule has 66 valence electrons. The summed E-state index contributed by atoms with van der Waals surface area (Å²) < 4.78 is 0. The van der Waals surface area contributed by atoms with E-state index in [1.807, 2.05) is 14.0 Å². The van der Waals surface area contributed by atoms with Crippen molar-refractivity contribution in [3.63, 3.8) is 0 Å². The number of benzene rings is 1. The normalized spacial score (nSPS) is 12.8. The number of phenols is 1. The lowest BCUT2D eigenvalue weighted by Gasteiger charge is -2.12. The Kier molecular flexibility index (Phi) is 2.55. The van der Waals surface area contributed by atoms with Crippen molar-refractivity contribution >= 4 is 5.69 Å². The highest BCUT2D eigenvalue weighted by atomic mass is 16.3. The average Bonchev–Trinajstić information content (AvgIpc) is 2.08. The van der Waals surface area contributed by atoms with E-state index in [0.29, 0.717) is 5.69 Å². The molecule has 0 aliphatic carbocycles. The molecule has 0 spiro atoms. The smallest absolute Gasteiger partial charge is 0.120 e. The Morgan fingerprint density at radius 1 is 1.50 bits per heavy atom. The van der Waals surface area contributed by atoms with Crippen LogP contribution in [0.2, 0.25) is 0 Å². The molecule has 0 radical (unpaired) electrons. The van der Waals surface area contributed by atoms with Crippen molar-refractivity contribution in [2.75, 3.05) is 12.8 Å². The first-order valence-corrected chi connectivity index (χ1v) is 3.91. The number of phenolic OH excluding ortho intramolecular Hbond substituents is 1. The molecule has 3 nitrogen and oxygen atoms in total. The van der Waals surface area contributed by atoms with E-state index in [-0.39, 0.29) is 11.8 Å². The molecule has 1 atom stereocenters. The zero-order chi connectivity index (χ0) is 9.14. The van der Waals surface area contributed by atoms with Crippen molar-refractivity contribution in [3.8, 4) is 5.75 Å². The lowest BCUT2D eigenvalue weighted by Crippen LogP contribution is -2.12. The van der Waals surface area contributed by atoms with Gasteiger partial charge in [-0.15, -0.1) is 0 Å². The third-order valence-electron chi connectivity index (χ3n) is 1.95. The standard InChI is InChI=1S/C9H14N2O/c1-6(11-2)8-5-7(10)3-4-9(8)12/h3-6,11-12H,10H2,1-2H3/t6-/m0/s1. The second-order valence-corrected chi connectivity index (χ2v) is 2.83. The fourth-order valence-electron chi connectivity index (χ4n) is 1.08. The van der Waals surface area contributed by atoms with Gasteiger partial charge in [-0.1, -0.05) is 0 Å². The molecule has 0 bridgehead atoms. The molecule has 0 fully saturated rings. The summed E-state index contributed by atoms with van der Waals surface area (Å²) in [7, 11) is 1.84. The molecule has 0 unspecified atom stereocenters. The molecule has 3 heteroatoms. The van der Waals surface area contributed by atoms with Crippen molar-refractivity contribution in [2.24, 2.45) is 0 Å². The lowest BCUT2D eigenvalue weighted by molar-refractivity contribution is 0.458. The summed E-state index contributed by atoms with van der Waals surface area (Å²) in [5.41, 5.74) is 7.08. The van der Waals surface area contributed by atoms with Gasteiger partial charge in [0.2, 0.25) is 0 Å². The highest BCUT2D eigenvalue weighted by molar-refractivity contribution is 5.48. The van der Waals surface area contributed by atoms with E-state index in [0.717, 1.165) is 5.56 Å². The summed E-state index contributed by atoms with van der Waals surface area (Å²) in [6.07, 6.45) is 0. The molecule has 0 saturated carbocycles. The van der Waals surface area contributed by atoms with Gasteiger partial charge in [-0.25, -0.2) is 0 Å². The van der Waals surface area contributed by atoms with E-state index >= 15 is 0 Å². The maximum Gasteiger partial charge on any atom is 0.120 e. The number of anilines is 1. The zero-order valence-electron chi connectivity index (χ0n) is 7.33. The van der Waals surface area contributed by atoms with Crippen molar-refractivity contribution in [3.05, 3.63) is 23.8 Å². The molecule has 0 aliphatic rings. The number of nitrogens with two attached hydrogens (primary N) is 1. The van der Waals surface area contributed by atoms with E-state index in [2.05, 4.69) is 5.32 Å². The monoisotopic (exact) mass is 166 g/mol. The van der Waals surface area contributed by atoms with Gasteiger partial charge in [0.25, 0.3) is 0 Å². The first kappa shape index (κ1) is 8.87. The van der Waals surface area contributed by atoms with Crippen LogP contribution >= 0.6 is 0 Å². The van der Waals surface area contributed by atoms with Crippen LogP contribution in [-0.4, -0.2) is 12.2 Å². The zero-order valence-corrected chi connectivity index (χ0v) is 7.33. The van der Waals surface area contributed by atoms with E-state index in [1.165, 1.54) is 0 Å². The molecule has 12 heavy (non-hydrogen) atoms. The van der Waals surface area contributed by atoms with E-state index < -0.39 is 0 Å². The van der Waals surface area contributed by atoms with Crippen LogP contribution in [0.15, 0.2) is 18.2 Å². The minimum atomic E-state index is 0.119.